The highest BCUT2D eigenvalue weighted by Crippen LogP contribution is 2.32. The number of aromatic nitrogens is 2. The first-order valence-electron chi connectivity index (χ1n) is 12.6. The number of benzene rings is 2. The molecule has 2 atom stereocenters. The van der Waals surface area contributed by atoms with Gasteiger partial charge in [-0.1, -0.05) is 31.5 Å². The largest absolute Gasteiger partial charge is 0.490 e. The van der Waals surface area contributed by atoms with E-state index in [-0.39, 0.29) is 13.0 Å². The van der Waals surface area contributed by atoms with Crippen LogP contribution in [0.15, 0.2) is 34.9 Å². The second-order valence-electron chi connectivity index (χ2n) is 9.70. The number of nitrogens with zero attached hydrogens (tertiary/aromatic N) is 3. The van der Waals surface area contributed by atoms with Crippen molar-refractivity contribution in [3.05, 3.63) is 52.6 Å². The molecule has 37 heavy (non-hydrogen) atoms. The number of aryl methyl sites for hydroxylation is 3. The summed E-state index contributed by atoms with van der Waals surface area (Å²) in [7, 11) is 4.09. The Morgan fingerprint density at radius 2 is 1.84 bits per heavy atom. The van der Waals surface area contributed by atoms with Crippen molar-refractivity contribution < 1.29 is 24.3 Å². The summed E-state index contributed by atoms with van der Waals surface area (Å²) in [4.78, 5) is 17.9. The topological polar surface area (TPSA) is 135 Å². The monoisotopic (exact) mass is 510 g/mol. The van der Waals surface area contributed by atoms with Crippen LogP contribution in [0.4, 0.5) is 0 Å². The zero-order chi connectivity index (χ0) is 27.1. The van der Waals surface area contributed by atoms with Gasteiger partial charge in [0.1, 0.15) is 18.5 Å². The van der Waals surface area contributed by atoms with Gasteiger partial charge in [-0.25, -0.2) is 0 Å². The van der Waals surface area contributed by atoms with Gasteiger partial charge in [-0.2, -0.15) is 4.98 Å². The van der Waals surface area contributed by atoms with Crippen molar-refractivity contribution in [2.45, 2.75) is 65.2 Å². The fraction of sp³-hybridized carbons (Fsp3) is 0.464. The number of carbonyl (C=O) groups is 1. The van der Waals surface area contributed by atoms with Crippen LogP contribution >= 0.6 is 0 Å². The van der Waals surface area contributed by atoms with Crippen molar-refractivity contribution in [2.75, 3.05) is 20.7 Å². The van der Waals surface area contributed by atoms with Crippen LogP contribution in [0.3, 0.4) is 0 Å². The summed E-state index contributed by atoms with van der Waals surface area (Å²) in [5, 5.41) is 23.9. The number of ether oxygens (including phenoxy) is 1. The molecule has 1 heterocycles. The first kappa shape index (κ1) is 28.3. The van der Waals surface area contributed by atoms with E-state index in [1.165, 1.54) is 11.1 Å². The van der Waals surface area contributed by atoms with E-state index in [9.17, 15) is 15.0 Å². The zero-order valence-corrected chi connectivity index (χ0v) is 22.3. The first-order valence-corrected chi connectivity index (χ1v) is 12.6. The zero-order valence-electron chi connectivity index (χ0n) is 22.3. The highest BCUT2D eigenvalue weighted by Gasteiger charge is 2.20. The van der Waals surface area contributed by atoms with E-state index >= 15 is 0 Å². The van der Waals surface area contributed by atoms with Crippen molar-refractivity contribution in [1.82, 2.24) is 15.0 Å². The third-order valence-corrected chi connectivity index (χ3v) is 6.00. The van der Waals surface area contributed by atoms with Crippen LogP contribution in [0, 0.1) is 6.92 Å². The molecule has 9 nitrogen and oxygen atoms in total. The van der Waals surface area contributed by atoms with Crippen LogP contribution in [-0.4, -0.2) is 64.1 Å². The van der Waals surface area contributed by atoms with Gasteiger partial charge in [0.2, 0.25) is 11.7 Å². The molecule has 1 amide bonds. The van der Waals surface area contributed by atoms with Crippen LogP contribution in [-0.2, 0) is 24.2 Å². The maximum absolute atomic E-state index is 11.0. The number of aliphatic hydroxyl groups excluding tert-OH is 2. The molecule has 2 aromatic carbocycles. The second kappa shape index (κ2) is 12.8. The van der Waals surface area contributed by atoms with E-state index < -0.39 is 18.1 Å². The lowest BCUT2D eigenvalue weighted by molar-refractivity contribution is -0.127. The number of primary amides is 1. The molecule has 0 bridgehead atoms. The van der Waals surface area contributed by atoms with Crippen LogP contribution in [0.25, 0.3) is 22.8 Å². The van der Waals surface area contributed by atoms with Crippen molar-refractivity contribution in [1.29, 1.82) is 0 Å². The SMILES string of the molecule is CCCc1cc(CN(C)C)cc(-c2nc(-c3cc(C)c(OC[C@@H](O)CC(O)C(N)=O)c(CC)c3)no2)c1. The molecule has 4 N–H and O–H groups in total. The lowest BCUT2D eigenvalue weighted by Crippen LogP contribution is -2.33. The van der Waals surface area contributed by atoms with E-state index in [0.29, 0.717) is 23.9 Å². The van der Waals surface area contributed by atoms with Crippen LogP contribution in [0.1, 0.15) is 48.9 Å². The molecule has 1 unspecified atom stereocenters. The van der Waals surface area contributed by atoms with Crippen molar-refractivity contribution >= 4 is 5.91 Å². The minimum atomic E-state index is -1.42. The van der Waals surface area contributed by atoms with E-state index in [0.717, 1.165) is 41.6 Å². The van der Waals surface area contributed by atoms with Crippen molar-refractivity contribution in [3.8, 4) is 28.6 Å². The lowest BCUT2D eigenvalue weighted by Gasteiger charge is -2.18. The summed E-state index contributed by atoms with van der Waals surface area (Å²) in [6.07, 6.45) is 0.0766. The first-order chi connectivity index (χ1) is 17.6. The molecule has 0 aliphatic rings. The summed E-state index contributed by atoms with van der Waals surface area (Å²) in [5.41, 5.74) is 11.0. The van der Waals surface area contributed by atoms with E-state index in [1.807, 2.05) is 40.1 Å². The molecule has 0 fully saturated rings. The molecule has 0 radical (unpaired) electrons. The predicted molar refractivity (Wildman–Crippen MR) is 142 cm³/mol. The van der Waals surface area contributed by atoms with Crippen LogP contribution < -0.4 is 10.5 Å². The number of hydrogen-bond donors (Lipinski definition) is 3. The predicted octanol–water partition coefficient (Wildman–Crippen LogP) is 3.26. The fourth-order valence-corrected chi connectivity index (χ4v) is 4.30. The summed E-state index contributed by atoms with van der Waals surface area (Å²) < 4.78 is 11.5. The van der Waals surface area contributed by atoms with Crippen molar-refractivity contribution in [2.24, 2.45) is 5.73 Å². The number of amides is 1. The maximum Gasteiger partial charge on any atom is 0.258 e. The Hall–Kier alpha value is -3.27. The lowest BCUT2D eigenvalue weighted by atomic mass is 10.0. The molecule has 3 rings (SSSR count). The molecule has 0 aliphatic carbocycles. The van der Waals surface area contributed by atoms with Crippen LogP contribution in [0.5, 0.6) is 5.75 Å². The summed E-state index contributed by atoms with van der Waals surface area (Å²) in [6, 6.07) is 10.3. The Morgan fingerprint density at radius 3 is 2.49 bits per heavy atom. The van der Waals surface area contributed by atoms with Gasteiger partial charge in [0.05, 0.1) is 6.10 Å². The number of aliphatic hydroxyl groups is 2. The third-order valence-electron chi connectivity index (χ3n) is 6.00. The average Bonchev–Trinajstić information content (AvgIpc) is 3.33. The Kier molecular flexibility index (Phi) is 9.79. The standard InChI is InChI=1S/C28H38N4O5/c1-6-8-18-10-19(15-32(4)5)12-22(11-18)28-30-27(31-37-28)21-9-17(3)25(20(7-2)13-21)36-16-23(33)14-24(34)26(29)35/h9-13,23-24,33-34H,6-8,14-16H2,1-5H3,(H2,29,35)/t23-,24?/m0/s1. The average molecular weight is 511 g/mol. The number of carbonyl (C=O) groups excluding carboxylic acids is 1. The Morgan fingerprint density at radius 1 is 1.11 bits per heavy atom. The smallest absolute Gasteiger partial charge is 0.258 e. The molecule has 0 aliphatic heterocycles. The number of rotatable bonds is 13. The van der Waals surface area contributed by atoms with Crippen molar-refractivity contribution in [3.63, 3.8) is 0 Å². The molecule has 0 saturated heterocycles. The summed E-state index contributed by atoms with van der Waals surface area (Å²) in [5.74, 6) is 0.724. The molecular formula is C28H38N4O5. The van der Waals surface area contributed by atoms with Gasteiger partial charge in [-0.3, -0.25) is 4.79 Å². The van der Waals surface area contributed by atoms with E-state index in [2.05, 4.69) is 35.2 Å². The molecule has 9 heteroatoms. The summed E-state index contributed by atoms with van der Waals surface area (Å²) >= 11 is 0. The Labute approximate surface area is 218 Å². The van der Waals surface area contributed by atoms with E-state index in [4.69, 9.17) is 20.0 Å². The molecular weight excluding hydrogens is 472 g/mol. The Balaban J connectivity index is 1.84. The minimum Gasteiger partial charge on any atom is -0.490 e. The van der Waals surface area contributed by atoms with Gasteiger partial charge >= 0.3 is 0 Å². The quantitative estimate of drug-likeness (QED) is 0.319. The number of nitrogens with two attached hydrogens (primary N) is 1. The third kappa shape index (κ3) is 7.61. The van der Waals surface area contributed by atoms with E-state index in [1.54, 1.807) is 0 Å². The molecule has 200 valence electrons. The second-order valence-corrected chi connectivity index (χ2v) is 9.70. The summed E-state index contributed by atoms with van der Waals surface area (Å²) in [6.45, 7) is 6.82. The minimum absolute atomic E-state index is 0.0761. The normalized spacial score (nSPS) is 13.1. The maximum atomic E-state index is 11.0. The number of hydrogen-bond acceptors (Lipinski definition) is 8. The van der Waals surface area contributed by atoms with Gasteiger partial charge in [0.25, 0.3) is 5.89 Å². The van der Waals surface area contributed by atoms with Crippen LogP contribution in [0.2, 0.25) is 0 Å². The van der Waals surface area contributed by atoms with Gasteiger partial charge in [-0.05, 0) is 80.4 Å². The highest BCUT2D eigenvalue weighted by molar-refractivity contribution is 5.78. The molecule has 3 aromatic rings. The Bertz CT molecular complexity index is 1210. The highest BCUT2D eigenvalue weighted by atomic mass is 16.5. The molecule has 0 spiro atoms. The molecule has 0 saturated carbocycles. The van der Waals surface area contributed by atoms with Gasteiger partial charge in [0, 0.05) is 24.1 Å². The molecule has 1 aromatic heterocycles. The van der Waals surface area contributed by atoms with Gasteiger partial charge in [0.15, 0.2) is 0 Å². The van der Waals surface area contributed by atoms with Gasteiger partial charge in [-0.15, -0.1) is 0 Å². The fourth-order valence-electron chi connectivity index (χ4n) is 4.30. The van der Waals surface area contributed by atoms with Gasteiger partial charge < -0.3 is 30.1 Å².